The molecule has 0 amide bonds. The van der Waals surface area contributed by atoms with Gasteiger partial charge < -0.3 is 10.7 Å². The van der Waals surface area contributed by atoms with Gasteiger partial charge in [0.25, 0.3) is 0 Å². The minimum atomic E-state index is -0.0180. The molecule has 1 aromatic carbocycles. The van der Waals surface area contributed by atoms with Gasteiger partial charge in [-0.2, -0.15) is 0 Å². The molecular weight excluding hydrogens is 263 g/mol. The summed E-state index contributed by atoms with van der Waals surface area (Å²) in [4.78, 5) is 3.25. The average Bonchev–Trinajstić information content (AvgIpc) is 2.43. The van der Waals surface area contributed by atoms with Gasteiger partial charge in [0, 0.05) is 32.1 Å². The van der Waals surface area contributed by atoms with Crippen LogP contribution in [0.1, 0.15) is 18.7 Å². The lowest BCUT2D eigenvalue weighted by atomic mass is 10.2. The number of fused-ring (bicyclic) bond motifs is 1. The van der Waals surface area contributed by atoms with Crippen molar-refractivity contribution in [2.75, 3.05) is 0 Å². The second kappa shape index (κ2) is 3.57. The molecule has 3 N–H and O–H groups in total. The van der Waals surface area contributed by atoms with Gasteiger partial charge in [-0.1, -0.05) is 17.7 Å². The van der Waals surface area contributed by atoms with Gasteiger partial charge in [-0.15, -0.1) is 0 Å². The van der Waals surface area contributed by atoms with E-state index < -0.39 is 0 Å². The van der Waals surface area contributed by atoms with E-state index >= 15 is 0 Å². The minimum Gasteiger partial charge on any atom is -0.356 e. The Morgan fingerprint density at radius 1 is 1.50 bits per heavy atom. The maximum absolute atomic E-state index is 5.89. The molecule has 0 saturated carbocycles. The number of aromatic amines is 1. The molecule has 4 heteroatoms. The summed E-state index contributed by atoms with van der Waals surface area (Å²) in [6, 6.07) is 5.72. The fraction of sp³-hybridized carbons (Fsp3) is 0.200. The van der Waals surface area contributed by atoms with Crippen LogP contribution >= 0.6 is 27.5 Å². The zero-order chi connectivity index (χ0) is 10.3. The highest BCUT2D eigenvalue weighted by Gasteiger charge is 2.11. The molecule has 2 nitrogen and oxygen atoms in total. The molecule has 0 saturated heterocycles. The highest BCUT2D eigenvalue weighted by molar-refractivity contribution is 9.10. The van der Waals surface area contributed by atoms with Gasteiger partial charge in [0.1, 0.15) is 0 Å². The smallest absolute Gasteiger partial charge is 0.0483 e. The summed E-state index contributed by atoms with van der Waals surface area (Å²) in [7, 11) is 0. The molecule has 0 spiro atoms. The van der Waals surface area contributed by atoms with E-state index in [2.05, 4.69) is 20.9 Å². The van der Waals surface area contributed by atoms with Gasteiger partial charge in [-0.05, 0) is 35.0 Å². The first-order valence-electron chi connectivity index (χ1n) is 4.32. The van der Waals surface area contributed by atoms with Crippen molar-refractivity contribution in [1.82, 2.24) is 4.98 Å². The highest BCUT2D eigenvalue weighted by atomic mass is 79.9. The van der Waals surface area contributed by atoms with E-state index in [9.17, 15) is 0 Å². The molecule has 2 rings (SSSR count). The fourth-order valence-corrected chi connectivity index (χ4v) is 2.45. The number of hydrogen-bond acceptors (Lipinski definition) is 1. The predicted octanol–water partition coefficient (Wildman–Crippen LogP) is 3.60. The molecule has 2 aromatic rings. The monoisotopic (exact) mass is 272 g/mol. The molecule has 1 heterocycles. The molecule has 14 heavy (non-hydrogen) atoms. The molecule has 0 radical (unpaired) electrons. The molecule has 0 aliphatic carbocycles. The predicted molar refractivity (Wildman–Crippen MR) is 63.6 cm³/mol. The third kappa shape index (κ3) is 1.56. The van der Waals surface area contributed by atoms with Crippen LogP contribution in [0.15, 0.2) is 22.7 Å². The topological polar surface area (TPSA) is 41.8 Å². The van der Waals surface area contributed by atoms with Gasteiger partial charge >= 0.3 is 0 Å². The Hall–Kier alpha value is -0.510. The van der Waals surface area contributed by atoms with Crippen LogP contribution in [-0.4, -0.2) is 4.98 Å². The van der Waals surface area contributed by atoms with Crippen LogP contribution < -0.4 is 5.73 Å². The molecular formula is C10H10BrClN2. The van der Waals surface area contributed by atoms with Crippen molar-refractivity contribution in [3.63, 3.8) is 0 Å². The van der Waals surface area contributed by atoms with Gasteiger partial charge in [0.2, 0.25) is 0 Å². The summed E-state index contributed by atoms with van der Waals surface area (Å²) in [5, 5.41) is 1.84. The second-order valence-electron chi connectivity index (χ2n) is 3.33. The Kier molecular flexibility index (Phi) is 2.56. The number of benzene rings is 1. The normalized spacial score (nSPS) is 13.4. The van der Waals surface area contributed by atoms with Crippen molar-refractivity contribution in [2.24, 2.45) is 5.73 Å². The SMILES string of the molecule is CC(N)c1[nH]c2cc(Cl)ccc2c1Br. The number of aromatic nitrogens is 1. The lowest BCUT2D eigenvalue weighted by Crippen LogP contribution is -2.05. The van der Waals surface area contributed by atoms with Crippen LogP contribution in [0.3, 0.4) is 0 Å². The zero-order valence-electron chi connectivity index (χ0n) is 7.64. The zero-order valence-corrected chi connectivity index (χ0v) is 9.98. The quantitative estimate of drug-likeness (QED) is 0.819. The van der Waals surface area contributed by atoms with Gasteiger partial charge in [-0.3, -0.25) is 0 Å². The highest BCUT2D eigenvalue weighted by Crippen LogP contribution is 2.31. The number of nitrogens with one attached hydrogen (secondary N) is 1. The Morgan fingerprint density at radius 2 is 2.21 bits per heavy atom. The second-order valence-corrected chi connectivity index (χ2v) is 4.56. The van der Waals surface area contributed by atoms with Crippen LogP contribution in [0.2, 0.25) is 5.02 Å². The molecule has 0 bridgehead atoms. The maximum atomic E-state index is 5.89. The standard InChI is InChI=1S/C10H10BrClN2/c1-5(13)10-9(11)7-3-2-6(12)4-8(7)14-10/h2-5,14H,13H2,1H3. The third-order valence-corrected chi connectivity index (χ3v) is 3.27. The van der Waals surface area contributed by atoms with E-state index in [1.165, 1.54) is 0 Å². The fourth-order valence-electron chi connectivity index (χ4n) is 1.47. The van der Waals surface area contributed by atoms with Crippen molar-refractivity contribution in [1.29, 1.82) is 0 Å². The summed E-state index contributed by atoms with van der Waals surface area (Å²) >= 11 is 9.42. The average molecular weight is 274 g/mol. The summed E-state index contributed by atoms with van der Waals surface area (Å²) in [5.74, 6) is 0. The lowest BCUT2D eigenvalue weighted by molar-refractivity contribution is 0.788. The van der Waals surface area contributed by atoms with Gasteiger partial charge in [0.05, 0.1) is 0 Å². The third-order valence-electron chi connectivity index (χ3n) is 2.18. The van der Waals surface area contributed by atoms with Crippen molar-refractivity contribution in [3.05, 3.63) is 33.4 Å². The van der Waals surface area contributed by atoms with Crippen LogP contribution in [0.25, 0.3) is 10.9 Å². The van der Waals surface area contributed by atoms with Crippen molar-refractivity contribution in [3.8, 4) is 0 Å². The van der Waals surface area contributed by atoms with Crippen LogP contribution in [0.5, 0.6) is 0 Å². The van der Waals surface area contributed by atoms with E-state index in [1.54, 1.807) is 0 Å². The minimum absolute atomic E-state index is 0.0180. The van der Waals surface area contributed by atoms with Crippen molar-refractivity contribution >= 4 is 38.4 Å². The van der Waals surface area contributed by atoms with Crippen LogP contribution in [0, 0.1) is 0 Å². The number of hydrogen-bond donors (Lipinski definition) is 2. The van der Waals surface area contributed by atoms with E-state index in [0.29, 0.717) is 0 Å². The molecule has 0 fully saturated rings. The largest absolute Gasteiger partial charge is 0.356 e. The van der Waals surface area contributed by atoms with Crippen molar-refractivity contribution in [2.45, 2.75) is 13.0 Å². The van der Waals surface area contributed by atoms with Gasteiger partial charge in [0.15, 0.2) is 0 Å². The summed E-state index contributed by atoms with van der Waals surface area (Å²) in [6.45, 7) is 1.94. The molecule has 1 unspecified atom stereocenters. The van der Waals surface area contributed by atoms with E-state index in [4.69, 9.17) is 17.3 Å². The summed E-state index contributed by atoms with van der Waals surface area (Å²) in [5.41, 5.74) is 7.84. The molecule has 0 aliphatic heterocycles. The van der Waals surface area contributed by atoms with Crippen molar-refractivity contribution < 1.29 is 0 Å². The number of halogens is 2. The Labute approximate surface area is 95.6 Å². The first kappa shape index (κ1) is 10.0. The first-order valence-corrected chi connectivity index (χ1v) is 5.49. The maximum Gasteiger partial charge on any atom is 0.0483 e. The Balaban J connectivity index is 2.73. The van der Waals surface area contributed by atoms with E-state index in [0.717, 1.165) is 26.1 Å². The van der Waals surface area contributed by atoms with Crippen LogP contribution in [0.4, 0.5) is 0 Å². The summed E-state index contributed by atoms with van der Waals surface area (Å²) < 4.78 is 1.03. The Morgan fingerprint density at radius 3 is 2.86 bits per heavy atom. The summed E-state index contributed by atoms with van der Waals surface area (Å²) in [6.07, 6.45) is 0. The Bertz CT molecular complexity index is 476. The molecule has 0 aliphatic rings. The van der Waals surface area contributed by atoms with E-state index in [-0.39, 0.29) is 6.04 Å². The molecule has 74 valence electrons. The van der Waals surface area contributed by atoms with Gasteiger partial charge in [-0.25, -0.2) is 0 Å². The molecule has 1 aromatic heterocycles. The first-order chi connectivity index (χ1) is 6.59. The van der Waals surface area contributed by atoms with E-state index in [1.807, 2.05) is 25.1 Å². The number of nitrogens with two attached hydrogens (primary N) is 1. The number of rotatable bonds is 1. The number of H-pyrrole nitrogens is 1. The molecule has 1 atom stereocenters. The lowest BCUT2D eigenvalue weighted by Gasteiger charge is -2.01. The van der Waals surface area contributed by atoms with Crippen LogP contribution in [-0.2, 0) is 0 Å².